The first-order chi connectivity index (χ1) is 10.1. The van der Waals surface area contributed by atoms with Crippen LogP contribution in [-0.4, -0.2) is 34.5 Å². The minimum absolute atomic E-state index is 0.324. The summed E-state index contributed by atoms with van der Waals surface area (Å²) >= 11 is 7.70. The second-order valence-electron chi connectivity index (χ2n) is 5.14. The van der Waals surface area contributed by atoms with Crippen molar-refractivity contribution in [2.45, 2.75) is 56.8 Å². The number of hydrogen-bond acceptors (Lipinski definition) is 6. The number of nitrogens with two attached hydrogens (primary N) is 1. The molecule has 1 aromatic rings. The van der Waals surface area contributed by atoms with Gasteiger partial charge in [0.2, 0.25) is 0 Å². The normalized spacial score (nSPS) is 21.7. The molecule has 118 valence electrons. The zero-order chi connectivity index (χ0) is 15.2. The van der Waals surface area contributed by atoms with Gasteiger partial charge in [-0.1, -0.05) is 30.3 Å². The number of anilines is 2. The fourth-order valence-corrected chi connectivity index (χ4v) is 3.36. The molecule has 0 amide bonds. The Hall–Kier alpha value is -0.720. The standard InChI is InChI=1S/C14H23ClN4OS/c1-3-7-21-14-18-12(15)11(16)13(19-14)17-9-5-6-10(8-9)20-4-2/h9-10H,3-8,16H2,1-2H3,(H,17,18,19). The van der Waals surface area contributed by atoms with E-state index < -0.39 is 0 Å². The van der Waals surface area contributed by atoms with E-state index in [0.29, 0.717) is 34.0 Å². The van der Waals surface area contributed by atoms with Crippen molar-refractivity contribution in [1.29, 1.82) is 0 Å². The van der Waals surface area contributed by atoms with E-state index in [1.165, 1.54) is 0 Å². The van der Waals surface area contributed by atoms with Crippen LogP contribution in [0.25, 0.3) is 0 Å². The van der Waals surface area contributed by atoms with E-state index in [1.807, 2.05) is 6.92 Å². The highest BCUT2D eigenvalue weighted by molar-refractivity contribution is 7.99. The van der Waals surface area contributed by atoms with Crippen LogP contribution in [0.5, 0.6) is 0 Å². The Bertz CT molecular complexity index is 475. The molecule has 0 spiro atoms. The molecule has 5 nitrogen and oxygen atoms in total. The molecule has 1 fully saturated rings. The number of ether oxygens (including phenoxy) is 1. The van der Waals surface area contributed by atoms with Gasteiger partial charge in [0.05, 0.1) is 6.10 Å². The van der Waals surface area contributed by atoms with Gasteiger partial charge in [-0.3, -0.25) is 0 Å². The van der Waals surface area contributed by atoms with Crippen molar-refractivity contribution >= 4 is 34.9 Å². The van der Waals surface area contributed by atoms with E-state index in [-0.39, 0.29) is 0 Å². The highest BCUT2D eigenvalue weighted by Gasteiger charge is 2.26. The molecule has 1 aromatic heterocycles. The van der Waals surface area contributed by atoms with Crippen LogP contribution < -0.4 is 11.1 Å². The maximum absolute atomic E-state index is 6.11. The van der Waals surface area contributed by atoms with Gasteiger partial charge in [0.1, 0.15) is 5.69 Å². The first kappa shape index (κ1) is 16.6. The predicted octanol–water partition coefficient (Wildman–Crippen LogP) is 3.58. The SMILES string of the molecule is CCCSc1nc(Cl)c(N)c(NC2CCC(OCC)C2)n1. The molecule has 0 radical (unpaired) electrons. The lowest BCUT2D eigenvalue weighted by Crippen LogP contribution is -2.20. The molecule has 0 bridgehead atoms. The maximum Gasteiger partial charge on any atom is 0.191 e. The minimum Gasteiger partial charge on any atom is -0.393 e. The van der Waals surface area contributed by atoms with E-state index in [0.717, 1.165) is 38.0 Å². The van der Waals surface area contributed by atoms with Crippen LogP contribution in [0.1, 0.15) is 39.5 Å². The molecule has 2 atom stereocenters. The molecule has 1 aliphatic rings. The molecule has 7 heteroatoms. The van der Waals surface area contributed by atoms with Crippen molar-refractivity contribution in [2.75, 3.05) is 23.4 Å². The molecule has 0 aliphatic heterocycles. The van der Waals surface area contributed by atoms with Gasteiger partial charge in [0.25, 0.3) is 0 Å². The first-order valence-electron chi connectivity index (χ1n) is 7.48. The number of nitrogen functional groups attached to an aromatic ring is 1. The monoisotopic (exact) mass is 330 g/mol. The molecule has 1 heterocycles. The number of aromatic nitrogens is 2. The van der Waals surface area contributed by atoms with Crippen LogP contribution in [-0.2, 0) is 4.74 Å². The van der Waals surface area contributed by atoms with Gasteiger partial charge in [-0.15, -0.1) is 0 Å². The van der Waals surface area contributed by atoms with Crippen LogP contribution in [0.2, 0.25) is 5.15 Å². The first-order valence-corrected chi connectivity index (χ1v) is 8.84. The fourth-order valence-electron chi connectivity index (χ4n) is 2.44. The Morgan fingerprint density at radius 1 is 1.38 bits per heavy atom. The number of rotatable bonds is 7. The summed E-state index contributed by atoms with van der Waals surface area (Å²) in [5.74, 6) is 1.62. The topological polar surface area (TPSA) is 73.1 Å². The molecule has 2 rings (SSSR count). The molecular weight excluding hydrogens is 308 g/mol. The Labute approximate surface area is 135 Å². The third-order valence-electron chi connectivity index (χ3n) is 3.44. The van der Waals surface area contributed by atoms with Gasteiger partial charge in [-0.25, -0.2) is 9.97 Å². The summed E-state index contributed by atoms with van der Waals surface area (Å²) < 4.78 is 5.67. The third-order valence-corrected chi connectivity index (χ3v) is 4.78. The van der Waals surface area contributed by atoms with E-state index in [4.69, 9.17) is 22.1 Å². The summed E-state index contributed by atoms with van der Waals surface area (Å²) in [7, 11) is 0. The molecule has 3 N–H and O–H groups in total. The van der Waals surface area contributed by atoms with E-state index in [2.05, 4.69) is 22.2 Å². The van der Waals surface area contributed by atoms with Crippen molar-refractivity contribution in [3.05, 3.63) is 5.15 Å². The number of thioether (sulfide) groups is 1. The molecular formula is C14H23ClN4OS. The Kier molecular flexibility index (Phi) is 6.39. The second-order valence-corrected chi connectivity index (χ2v) is 6.56. The van der Waals surface area contributed by atoms with Gasteiger partial charge < -0.3 is 15.8 Å². The zero-order valence-corrected chi connectivity index (χ0v) is 14.1. The highest BCUT2D eigenvalue weighted by Crippen LogP contribution is 2.31. The van der Waals surface area contributed by atoms with Crippen LogP contribution in [0.4, 0.5) is 11.5 Å². The summed E-state index contributed by atoms with van der Waals surface area (Å²) in [6.45, 7) is 4.91. The van der Waals surface area contributed by atoms with E-state index >= 15 is 0 Å². The average molecular weight is 331 g/mol. The van der Waals surface area contributed by atoms with Crippen molar-refractivity contribution in [1.82, 2.24) is 9.97 Å². The lowest BCUT2D eigenvalue weighted by Gasteiger charge is -2.16. The molecule has 21 heavy (non-hydrogen) atoms. The Balaban J connectivity index is 2.03. The van der Waals surface area contributed by atoms with Crippen LogP contribution in [0, 0.1) is 0 Å². The second kappa shape index (κ2) is 8.06. The van der Waals surface area contributed by atoms with Crippen molar-refractivity contribution < 1.29 is 4.74 Å². The number of hydrogen-bond donors (Lipinski definition) is 2. The van der Waals surface area contributed by atoms with Crippen molar-refractivity contribution in [3.63, 3.8) is 0 Å². The number of halogens is 1. The lowest BCUT2D eigenvalue weighted by molar-refractivity contribution is 0.0679. The van der Waals surface area contributed by atoms with Gasteiger partial charge >= 0.3 is 0 Å². The summed E-state index contributed by atoms with van der Waals surface area (Å²) in [6, 6.07) is 0.332. The Morgan fingerprint density at radius 2 is 2.19 bits per heavy atom. The van der Waals surface area contributed by atoms with E-state index in [9.17, 15) is 0 Å². The van der Waals surface area contributed by atoms with Gasteiger partial charge in [-0.2, -0.15) is 0 Å². The minimum atomic E-state index is 0.324. The zero-order valence-electron chi connectivity index (χ0n) is 12.6. The average Bonchev–Trinajstić information content (AvgIpc) is 2.89. The summed E-state index contributed by atoms with van der Waals surface area (Å²) in [4.78, 5) is 8.71. The molecule has 2 unspecified atom stereocenters. The van der Waals surface area contributed by atoms with Crippen LogP contribution >= 0.6 is 23.4 Å². The lowest BCUT2D eigenvalue weighted by atomic mass is 10.2. The van der Waals surface area contributed by atoms with Crippen LogP contribution in [0.15, 0.2) is 5.16 Å². The molecule has 1 aliphatic carbocycles. The van der Waals surface area contributed by atoms with Gasteiger partial charge in [-0.05, 0) is 32.6 Å². The fraction of sp³-hybridized carbons (Fsp3) is 0.714. The van der Waals surface area contributed by atoms with Crippen molar-refractivity contribution in [3.8, 4) is 0 Å². The van der Waals surface area contributed by atoms with Gasteiger partial charge in [0.15, 0.2) is 16.1 Å². The third kappa shape index (κ3) is 4.63. The Morgan fingerprint density at radius 3 is 2.90 bits per heavy atom. The van der Waals surface area contributed by atoms with Gasteiger partial charge in [0, 0.05) is 18.4 Å². The van der Waals surface area contributed by atoms with E-state index in [1.54, 1.807) is 11.8 Å². The molecule has 0 saturated heterocycles. The molecule has 1 saturated carbocycles. The quantitative estimate of drug-likeness (QED) is 0.452. The predicted molar refractivity (Wildman–Crippen MR) is 89.1 cm³/mol. The van der Waals surface area contributed by atoms with Crippen molar-refractivity contribution in [2.24, 2.45) is 0 Å². The van der Waals surface area contributed by atoms with Crippen LogP contribution in [0.3, 0.4) is 0 Å². The summed E-state index contributed by atoms with van der Waals surface area (Å²) in [5, 5.41) is 4.40. The summed E-state index contributed by atoms with van der Waals surface area (Å²) in [6.07, 6.45) is 4.51. The smallest absolute Gasteiger partial charge is 0.191 e. The molecule has 0 aromatic carbocycles. The number of nitrogens with zero attached hydrogens (tertiary/aromatic N) is 2. The largest absolute Gasteiger partial charge is 0.393 e. The number of nitrogens with one attached hydrogen (secondary N) is 1. The maximum atomic E-state index is 6.11. The summed E-state index contributed by atoms with van der Waals surface area (Å²) in [5.41, 5.74) is 6.42. The highest BCUT2D eigenvalue weighted by atomic mass is 35.5.